The van der Waals surface area contributed by atoms with Crippen LogP contribution < -0.4 is 0 Å². The quantitative estimate of drug-likeness (QED) is 0.490. The summed E-state index contributed by atoms with van der Waals surface area (Å²) >= 11 is 12.2. The van der Waals surface area contributed by atoms with Crippen molar-refractivity contribution in [1.82, 2.24) is 9.55 Å². The van der Waals surface area contributed by atoms with Gasteiger partial charge in [0.1, 0.15) is 17.2 Å². The van der Waals surface area contributed by atoms with Crippen molar-refractivity contribution in [2.24, 2.45) is 0 Å². The number of nitrogens with zero attached hydrogens (tertiary/aromatic N) is 2. The van der Waals surface area contributed by atoms with Gasteiger partial charge in [0.15, 0.2) is 4.84 Å². The van der Waals surface area contributed by atoms with Crippen LogP contribution in [0.5, 0.6) is 0 Å². The van der Waals surface area contributed by atoms with Gasteiger partial charge >= 0.3 is 0 Å². The summed E-state index contributed by atoms with van der Waals surface area (Å²) in [5.41, 5.74) is 2.64. The van der Waals surface area contributed by atoms with Gasteiger partial charge < -0.3 is 0 Å². The summed E-state index contributed by atoms with van der Waals surface area (Å²) in [5.74, 6) is -0.300. The summed E-state index contributed by atoms with van der Waals surface area (Å²) in [6, 6.07) is 14.2. The van der Waals surface area contributed by atoms with Crippen LogP contribution in [0.2, 0.25) is 0 Å². The number of fused-ring (bicyclic) bond motifs is 2. The normalized spacial score (nSPS) is 13.1. The fourth-order valence-corrected chi connectivity index (χ4v) is 3.44. The third kappa shape index (κ3) is 2.33. The van der Waals surface area contributed by atoms with E-state index in [0.717, 1.165) is 11.3 Å². The first-order valence-corrected chi connectivity index (χ1v) is 8.53. The number of ketones is 2. The van der Waals surface area contributed by atoms with Crippen molar-refractivity contribution in [3.8, 4) is 5.69 Å². The Morgan fingerprint density at radius 3 is 2.16 bits per heavy atom. The second-order valence-corrected chi connectivity index (χ2v) is 6.89. The van der Waals surface area contributed by atoms with Gasteiger partial charge in [-0.15, -0.1) is 0 Å². The van der Waals surface area contributed by atoms with E-state index in [1.165, 1.54) is 0 Å². The molecule has 1 aliphatic rings. The lowest BCUT2D eigenvalue weighted by Gasteiger charge is -2.18. The van der Waals surface area contributed by atoms with Gasteiger partial charge in [0.25, 0.3) is 0 Å². The van der Waals surface area contributed by atoms with Crippen molar-refractivity contribution >= 4 is 34.8 Å². The first-order valence-electron chi connectivity index (χ1n) is 7.66. The average Bonchev–Trinajstić information content (AvgIpc) is 3.01. The second-order valence-electron chi connectivity index (χ2n) is 5.79. The number of hydrogen-bond acceptors (Lipinski definition) is 3. The standard InChI is InChI=1S/C19H12Cl2N2O2/c1-10-6-2-5-9-13(10)23-15-14(22-19(23)18(20)21)16(24)11-7-3-4-8-12(11)17(15)25/h2-9,18H,1H3. The van der Waals surface area contributed by atoms with Crippen LogP contribution in [0.15, 0.2) is 48.5 Å². The predicted molar refractivity (Wildman–Crippen MR) is 96.1 cm³/mol. The monoisotopic (exact) mass is 370 g/mol. The molecule has 6 heteroatoms. The predicted octanol–water partition coefficient (Wildman–Crippen LogP) is 4.43. The van der Waals surface area contributed by atoms with E-state index in [4.69, 9.17) is 23.2 Å². The number of carbonyl (C=O) groups is 2. The summed E-state index contributed by atoms with van der Waals surface area (Å²) in [4.78, 5) is 29.3. The highest BCUT2D eigenvalue weighted by Gasteiger charge is 2.37. The molecule has 4 rings (SSSR count). The summed E-state index contributed by atoms with van der Waals surface area (Å²) < 4.78 is 1.60. The summed E-state index contributed by atoms with van der Waals surface area (Å²) in [6.45, 7) is 1.91. The second kappa shape index (κ2) is 5.83. The number of halogens is 2. The largest absolute Gasteiger partial charge is 0.290 e. The Bertz CT molecular complexity index is 1040. The molecule has 1 aliphatic carbocycles. The first-order chi connectivity index (χ1) is 12.0. The highest BCUT2D eigenvalue weighted by molar-refractivity contribution is 6.44. The highest BCUT2D eigenvalue weighted by Crippen LogP contribution is 2.35. The third-order valence-electron chi connectivity index (χ3n) is 4.30. The topological polar surface area (TPSA) is 52.0 Å². The Kier molecular flexibility index (Phi) is 3.74. The number of aromatic nitrogens is 2. The fraction of sp³-hybridized carbons (Fsp3) is 0.105. The Balaban J connectivity index is 2.08. The number of para-hydroxylation sites is 1. The molecular formula is C19H12Cl2N2O2. The van der Waals surface area contributed by atoms with Gasteiger partial charge in [0.05, 0.1) is 5.69 Å². The molecule has 124 valence electrons. The SMILES string of the molecule is Cc1ccccc1-n1c(C(Cl)Cl)nc2c1C(=O)c1ccccc1C2=O. The van der Waals surface area contributed by atoms with Crippen LogP contribution in [0.25, 0.3) is 5.69 Å². The minimum atomic E-state index is -0.978. The van der Waals surface area contributed by atoms with E-state index in [0.29, 0.717) is 11.1 Å². The minimum Gasteiger partial charge on any atom is -0.290 e. The number of imidazole rings is 1. The van der Waals surface area contributed by atoms with Crippen molar-refractivity contribution in [1.29, 1.82) is 0 Å². The Morgan fingerprint density at radius 1 is 0.920 bits per heavy atom. The molecular weight excluding hydrogens is 359 g/mol. The number of rotatable bonds is 2. The molecule has 0 atom stereocenters. The van der Waals surface area contributed by atoms with Crippen molar-refractivity contribution in [3.63, 3.8) is 0 Å². The van der Waals surface area contributed by atoms with E-state index in [2.05, 4.69) is 4.98 Å². The number of alkyl halides is 2. The third-order valence-corrected chi connectivity index (χ3v) is 4.69. The molecule has 3 aromatic rings. The average molecular weight is 371 g/mol. The molecule has 0 amide bonds. The van der Waals surface area contributed by atoms with Crippen molar-refractivity contribution in [2.45, 2.75) is 11.8 Å². The van der Waals surface area contributed by atoms with Crippen LogP contribution in [0.3, 0.4) is 0 Å². The molecule has 0 radical (unpaired) electrons. The van der Waals surface area contributed by atoms with Gasteiger partial charge in [-0.3, -0.25) is 14.2 Å². The zero-order chi connectivity index (χ0) is 17.7. The zero-order valence-electron chi connectivity index (χ0n) is 13.2. The molecule has 0 saturated heterocycles. The summed E-state index contributed by atoms with van der Waals surface area (Å²) in [6.07, 6.45) is 0. The molecule has 2 aromatic carbocycles. The van der Waals surface area contributed by atoms with Gasteiger partial charge in [-0.05, 0) is 18.6 Å². The smallest absolute Gasteiger partial charge is 0.214 e. The maximum absolute atomic E-state index is 13.1. The number of benzene rings is 2. The molecule has 4 nitrogen and oxygen atoms in total. The molecule has 0 saturated carbocycles. The van der Waals surface area contributed by atoms with Crippen LogP contribution in [0.4, 0.5) is 0 Å². The Labute approximate surface area is 154 Å². The molecule has 1 heterocycles. The van der Waals surface area contributed by atoms with Crippen LogP contribution in [0.1, 0.15) is 48.3 Å². The van der Waals surface area contributed by atoms with Crippen LogP contribution in [0, 0.1) is 6.92 Å². The fourth-order valence-electron chi connectivity index (χ4n) is 3.14. The van der Waals surface area contributed by atoms with Crippen molar-refractivity contribution in [3.05, 3.63) is 82.4 Å². The van der Waals surface area contributed by atoms with E-state index >= 15 is 0 Å². The van der Waals surface area contributed by atoms with E-state index in [1.807, 2.05) is 31.2 Å². The number of carbonyl (C=O) groups excluding carboxylic acids is 2. The molecule has 0 unspecified atom stereocenters. The van der Waals surface area contributed by atoms with Crippen LogP contribution >= 0.6 is 23.2 Å². The van der Waals surface area contributed by atoms with Gasteiger partial charge in [-0.1, -0.05) is 65.7 Å². The van der Waals surface area contributed by atoms with Gasteiger partial charge in [-0.2, -0.15) is 0 Å². The van der Waals surface area contributed by atoms with Crippen molar-refractivity contribution in [2.75, 3.05) is 0 Å². The van der Waals surface area contributed by atoms with Gasteiger partial charge in [-0.25, -0.2) is 4.98 Å². The molecule has 0 fully saturated rings. The number of hydrogen-bond donors (Lipinski definition) is 0. The zero-order valence-corrected chi connectivity index (χ0v) is 14.7. The Morgan fingerprint density at radius 2 is 1.52 bits per heavy atom. The lowest BCUT2D eigenvalue weighted by atomic mass is 9.90. The van der Waals surface area contributed by atoms with Gasteiger partial charge in [0.2, 0.25) is 11.6 Å². The molecule has 0 bridgehead atoms. The summed E-state index contributed by atoms with van der Waals surface area (Å²) in [5, 5.41) is 0. The molecule has 0 aliphatic heterocycles. The lowest BCUT2D eigenvalue weighted by Crippen LogP contribution is -2.23. The highest BCUT2D eigenvalue weighted by atomic mass is 35.5. The minimum absolute atomic E-state index is 0.0910. The summed E-state index contributed by atoms with van der Waals surface area (Å²) in [7, 11) is 0. The van der Waals surface area contributed by atoms with E-state index in [1.54, 1.807) is 28.8 Å². The van der Waals surface area contributed by atoms with Crippen molar-refractivity contribution < 1.29 is 9.59 Å². The molecule has 1 aromatic heterocycles. The Hall–Kier alpha value is -2.43. The van der Waals surface area contributed by atoms with Crippen LogP contribution in [-0.2, 0) is 0 Å². The maximum atomic E-state index is 13.1. The molecule has 0 spiro atoms. The van der Waals surface area contributed by atoms with Gasteiger partial charge in [0, 0.05) is 11.1 Å². The lowest BCUT2D eigenvalue weighted by molar-refractivity contribution is 0.0972. The van der Waals surface area contributed by atoms with Crippen LogP contribution in [-0.4, -0.2) is 21.1 Å². The maximum Gasteiger partial charge on any atom is 0.214 e. The first kappa shape index (κ1) is 16.1. The molecule has 0 N–H and O–H groups in total. The van der Waals surface area contributed by atoms with E-state index in [9.17, 15) is 9.59 Å². The van der Waals surface area contributed by atoms with E-state index < -0.39 is 4.84 Å². The molecule has 25 heavy (non-hydrogen) atoms. The number of aryl methyl sites for hydroxylation is 1. The van der Waals surface area contributed by atoms with E-state index in [-0.39, 0.29) is 28.8 Å².